The number of carbonyl (C=O) groups is 2. The Morgan fingerprint density at radius 3 is 2.65 bits per heavy atom. The Morgan fingerprint density at radius 2 is 2.12 bits per heavy atom. The predicted octanol–water partition coefficient (Wildman–Crippen LogP) is 2.83. The second kappa shape index (κ2) is 6.00. The number of carboxylic acid groups (broad SMARTS) is 1. The SMILES string of the molecule is C/C=C/C=C/C(=O)Nc1cc(C)c(C(=O)O)s1. The molecule has 0 saturated heterocycles. The summed E-state index contributed by atoms with van der Waals surface area (Å²) in [5.74, 6) is -1.25. The fraction of sp³-hybridized carbons (Fsp3) is 0.167. The third-order valence-electron chi connectivity index (χ3n) is 1.91. The van der Waals surface area contributed by atoms with Crippen LogP contribution in [0.3, 0.4) is 0 Å². The number of hydrogen-bond acceptors (Lipinski definition) is 3. The number of aromatic carboxylic acids is 1. The van der Waals surface area contributed by atoms with Crippen molar-refractivity contribution in [3.63, 3.8) is 0 Å². The summed E-state index contributed by atoms with van der Waals surface area (Å²) in [6.07, 6.45) is 6.55. The van der Waals surface area contributed by atoms with Crippen LogP contribution in [0.5, 0.6) is 0 Å². The molecule has 0 atom stereocenters. The van der Waals surface area contributed by atoms with Crippen LogP contribution in [0.4, 0.5) is 5.00 Å². The summed E-state index contributed by atoms with van der Waals surface area (Å²) in [6, 6.07) is 1.65. The number of thiophene rings is 1. The van der Waals surface area contributed by atoms with E-state index in [9.17, 15) is 9.59 Å². The first-order valence-electron chi connectivity index (χ1n) is 4.98. The summed E-state index contributed by atoms with van der Waals surface area (Å²) in [5.41, 5.74) is 0.648. The number of anilines is 1. The van der Waals surface area contributed by atoms with Crippen molar-refractivity contribution in [2.75, 3.05) is 5.32 Å². The molecule has 4 nitrogen and oxygen atoms in total. The fourth-order valence-electron chi connectivity index (χ4n) is 1.17. The highest BCUT2D eigenvalue weighted by molar-refractivity contribution is 7.18. The van der Waals surface area contributed by atoms with Crippen LogP contribution < -0.4 is 5.32 Å². The predicted molar refractivity (Wildman–Crippen MR) is 68.6 cm³/mol. The van der Waals surface area contributed by atoms with Gasteiger partial charge in [0.1, 0.15) is 4.88 Å². The summed E-state index contributed by atoms with van der Waals surface area (Å²) in [5, 5.41) is 12.0. The zero-order valence-electron chi connectivity index (χ0n) is 9.56. The number of carbonyl (C=O) groups excluding carboxylic acids is 1. The van der Waals surface area contributed by atoms with Crippen molar-refractivity contribution in [2.24, 2.45) is 0 Å². The van der Waals surface area contributed by atoms with E-state index in [4.69, 9.17) is 5.11 Å². The maximum absolute atomic E-state index is 11.4. The number of carboxylic acids is 1. The summed E-state index contributed by atoms with van der Waals surface area (Å²) in [4.78, 5) is 22.5. The van der Waals surface area contributed by atoms with Crippen molar-refractivity contribution in [3.05, 3.63) is 40.8 Å². The molecule has 90 valence electrons. The van der Waals surface area contributed by atoms with E-state index in [-0.39, 0.29) is 10.8 Å². The number of aryl methyl sites for hydroxylation is 1. The molecule has 0 aliphatic carbocycles. The second-order valence-electron chi connectivity index (χ2n) is 3.30. The van der Waals surface area contributed by atoms with Gasteiger partial charge in [0.05, 0.1) is 5.00 Å². The van der Waals surface area contributed by atoms with Crippen molar-refractivity contribution in [1.82, 2.24) is 0 Å². The lowest BCUT2D eigenvalue weighted by molar-refractivity contribution is -0.111. The Morgan fingerprint density at radius 1 is 1.41 bits per heavy atom. The number of rotatable bonds is 4. The summed E-state index contributed by atoms with van der Waals surface area (Å²) < 4.78 is 0. The first-order valence-corrected chi connectivity index (χ1v) is 5.80. The summed E-state index contributed by atoms with van der Waals surface area (Å²) in [7, 11) is 0. The molecule has 5 heteroatoms. The first kappa shape index (κ1) is 13.2. The van der Waals surface area contributed by atoms with Crippen molar-refractivity contribution in [1.29, 1.82) is 0 Å². The highest BCUT2D eigenvalue weighted by Crippen LogP contribution is 2.26. The van der Waals surface area contributed by atoms with E-state index in [2.05, 4.69) is 5.32 Å². The Kier molecular flexibility index (Phi) is 4.66. The van der Waals surface area contributed by atoms with Gasteiger partial charge in [-0.2, -0.15) is 0 Å². The Bertz CT molecular complexity index is 486. The monoisotopic (exact) mass is 251 g/mol. The molecule has 0 saturated carbocycles. The first-order chi connectivity index (χ1) is 8.04. The zero-order chi connectivity index (χ0) is 12.8. The van der Waals surface area contributed by atoms with Crippen LogP contribution in [-0.2, 0) is 4.79 Å². The highest BCUT2D eigenvalue weighted by atomic mass is 32.1. The zero-order valence-corrected chi connectivity index (χ0v) is 10.4. The van der Waals surface area contributed by atoms with Gasteiger partial charge in [-0.3, -0.25) is 4.79 Å². The molecule has 17 heavy (non-hydrogen) atoms. The van der Waals surface area contributed by atoms with Crippen molar-refractivity contribution in [3.8, 4) is 0 Å². The van der Waals surface area contributed by atoms with Gasteiger partial charge >= 0.3 is 5.97 Å². The fourth-order valence-corrected chi connectivity index (χ4v) is 2.09. The number of amides is 1. The lowest BCUT2D eigenvalue weighted by Crippen LogP contribution is -2.05. The minimum atomic E-state index is -0.975. The maximum Gasteiger partial charge on any atom is 0.346 e. The molecule has 0 spiro atoms. The minimum Gasteiger partial charge on any atom is -0.477 e. The van der Waals surface area contributed by atoms with E-state index in [1.54, 1.807) is 25.1 Å². The van der Waals surface area contributed by atoms with E-state index in [0.29, 0.717) is 10.6 Å². The molecule has 1 aromatic rings. The van der Waals surface area contributed by atoms with E-state index >= 15 is 0 Å². The van der Waals surface area contributed by atoms with Gasteiger partial charge in [0.2, 0.25) is 5.91 Å². The Labute approximate surface area is 103 Å². The van der Waals surface area contributed by atoms with Crippen molar-refractivity contribution in [2.45, 2.75) is 13.8 Å². The van der Waals surface area contributed by atoms with Crippen molar-refractivity contribution >= 4 is 28.2 Å². The lowest BCUT2D eigenvalue weighted by Gasteiger charge is -1.95. The molecular formula is C12H13NO3S. The van der Waals surface area contributed by atoms with Gasteiger partial charge in [-0.05, 0) is 25.5 Å². The van der Waals surface area contributed by atoms with Crippen LogP contribution in [0.15, 0.2) is 30.4 Å². The van der Waals surface area contributed by atoms with Gasteiger partial charge in [-0.25, -0.2) is 4.79 Å². The highest BCUT2D eigenvalue weighted by Gasteiger charge is 2.12. The van der Waals surface area contributed by atoms with Gasteiger partial charge in [0.15, 0.2) is 0 Å². The van der Waals surface area contributed by atoms with Crippen LogP contribution >= 0.6 is 11.3 Å². The van der Waals surface area contributed by atoms with Crippen LogP contribution in [0.1, 0.15) is 22.2 Å². The van der Waals surface area contributed by atoms with Crippen LogP contribution in [-0.4, -0.2) is 17.0 Å². The van der Waals surface area contributed by atoms with Crippen LogP contribution in [0.25, 0.3) is 0 Å². The quantitative estimate of drug-likeness (QED) is 0.638. The molecule has 0 unspecified atom stereocenters. The van der Waals surface area contributed by atoms with Gasteiger partial charge in [-0.1, -0.05) is 18.2 Å². The molecular weight excluding hydrogens is 238 g/mol. The molecule has 0 aromatic carbocycles. The number of allylic oxidation sites excluding steroid dienone is 3. The normalized spacial score (nSPS) is 11.2. The maximum atomic E-state index is 11.4. The minimum absolute atomic E-state index is 0.248. The molecule has 0 aliphatic rings. The molecule has 1 aromatic heterocycles. The molecule has 1 heterocycles. The van der Waals surface area contributed by atoms with Gasteiger partial charge < -0.3 is 10.4 Å². The Balaban J connectivity index is 2.72. The van der Waals surface area contributed by atoms with Crippen molar-refractivity contribution < 1.29 is 14.7 Å². The largest absolute Gasteiger partial charge is 0.477 e. The average Bonchev–Trinajstić information content (AvgIpc) is 2.60. The third kappa shape index (κ3) is 3.88. The Hall–Kier alpha value is -1.88. The van der Waals surface area contributed by atoms with Crippen LogP contribution in [0, 0.1) is 6.92 Å². The molecule has 0 radical (unpaired) electrons. The van der Waals surface area contributed by atoms with Gasteiger partial charge in [0.25, 0.3) is 0 Å². The number of hydrogen-bond donors (Lipinski definition) is 2. The topological polar surface area (TPSA) is 66.4 Å². The number of nitrogens with one attached hydrogen (secondary N) is 1. The molecule has 1 rings (SSSR count). The lowest BCUT2D eigenvalue weighted by atomic mass is 10.3. The molecule has 1 amide bonds. The van der Waals surface area contributed by atoms with E-state index < -0.39 is 5.97 Å². The van der Waals surface area contributed by atoms with E-state index in [1.165, 1.54) is 6.08 Å². The van der Waals surface area contributed by atoms with E-state index in [0.717, 1.165) is 11.3 Å². The summed E-state index contributed by atoms with van der Waals surface area (Å²) in [6.45, 7) is 3.55. The summed E-state index contributed by atoms with van der Waals surface area (Å²) >= 11 is 1.05. The standard InChI is InChI=1S/C12H13NO3S/c1-3-4-5-6-9(14)13-10-7-8(2)11(17-10)12(15)16/h3-7H,1-2H3,(H,13,14)(H,15,16)/b4-3+,6-5+. The van der Waals surface area contributed by atoms with Gasteiger partial charge in [0, 0.05) is 6.08 Å². The van der Waals surface area contributed by atoms with Crippen LogP contribution in [0.2, 0.25) is 0 Å². The third-order valence-corrected chi connectivity index (χ3v) is 3.05. The smallest absolute Gasteiger partial charge is 0.346 e. The second-order valence-corrected chi connectivity index (χ2v) is 4.35. The molecule has 0 fully saturated rings. The average molecular weight is 251 g/mol. The molecule has 0 bridgehead atoms. The van der Waals surface area contributed by atoms with Gasteiger partial charge in [-0.15, -0.1) is 11.3 Å². The molecule has 0 aliphatic heterocycles. The molecule has 2 N–H and O–H groups in total. The van der Waals surface area contributed by atoms with E-state index in [1.807, 2.05) is 13.0 Å².